The minimum Gasteiger partial charge on any atom is -0.480 e. The molecule has 2 aromatic rings. The summed E-state index contributed by atoms with van der Waals surface area (Å²) in [5.41, 5.74) is 0.727. The summed E-state index contributed by atoms with van der Waals surface area (Å²) < 4.78 is 19.5. The van der Waals surface area contributed by atoms with Crippen molar-refractivity contribution >= 4 is 11.9 Å². The molecule has 0 spiro atoms. The molecule has 1 fully saturated rings. The van der Waals surface area contributed by atoms with Gasteiger partial charge in [-0.2, -0.15) is 5.10 Å². The van der Waals surface area contributed by atoms with E-state index in [1.807, 2.05) is 0 Å². The standard InChI is InChI=1S/C15H14FN3O4/c16-10-1-3-11(4-2-10)19-6-5-12(17-19)14(20)18-7-8-23-9-13(18)15(21)22/h1-6,13H,7-9H2,(H,21,22). The molecule has 1 aromatic carbocycles. The predicted octanol–water partition coefficient (Wildman–Crippen LogP) is 0.937. The zero-order valence-corrected chi connectivity index (χ0v) is 12.1. The summed E-state index contributed by atoms with van der Waals surface area (Å²) in [5.74, 6) is -1.95. The fourth-order valence-electron chi connectivity index (χ4n) is 2.37. The maximum absolute atomic E-state index is 12.9. The van der Waals surface area contributed by atoms with Crippen molar-refractivity contribution < 1.29 is 23.8 Å². The minimum atomic E-state index is -1.11. The molecule has 0 saturated carbocycles. The quantitative estimate of drug-likeness (QED) is 0.910. The van der Waals surface area contributed by atoms with Crippen LogP contribution in [0.1, 0.15) is 10.5 Å². The average Bonchev–Trinajstić information content (AvgIpc) is 3.04. The van der Waals surface area contributed by atoms with E-state index in [1.54, 1.807) is 6.20 Å². The molecular formula is C15H14FN3O4. The Morgan fingerprint density at radius 1 is 1.26 bits per heavy atom. The molecule has 1 unspecified atom stereocenters. The van der Waals surface area contributed by atoms with Gasteiger partial charge < -0.3 is 14.7 Å². The topological polar surface area (TPSA) is 84.7 Å². The summed E-state index contributed by atoms with van der Waals surface area (Å²) in [7, 11) is 0. The molecule has 1 atom stereocenters. The highest BCUT2D eigenvalue weighted by Crippen LogP contribution is 2.14. The first-order chi connectivity index (χ1) is 11.1. The highest BCUT2D eigenvalue weighted by atomic mass is 19.1. The van der Waals surface area contributed by atoms with Crippen LogP contribution in [0.4, 0.5) is 4.39 Å². The Morgan fingerprint density at radius 3 is 2.70 bits per heavy atom. The molecule has 1 N–H and O–H groups in total. The Bertz CT molecular complexity index is 729. The number of rotatable bonds is 3. The molecule has 2 heterocycles. The molecule has 1 saturated heterocycles. The van der Waals surface area contributed by atoms with Crippen molar-refractivity contribution in [1.82, 2.24) is 14.7 Å². The number of carbonyl (C=O) groups is 2. The first-order valence-electron chi connectivity index (χ1n) is 6.99. The largest absolute Gasteiger partial charge is 0.480 e. The predicted molar refractivity (Wildman–Crippen MR) is 76.8 cm³/mol. The van der Waals surface area contributed by atoms with Gasteiger partial charge in [0.05, 0.1) is 18.9 Å². The summed E-state index contributed by atoms with van der Waals surface area (Å²) in [6, 6.07) is 6.13. The van der Waals surface area contributed by atoms with Crippen LogP contribution >= 0.6 is 0 Å². The number of aromatic nitrogens is 2. The van der Waals surface area contributed by atoms with E-state index in [0.717, 1.165) is 0 Å². The average molecular weight is 319 g/mol. The van der Waals surface area contributed by atoms with Crippen LogP contribution in [0.2, 0.25) is 0 Å². The lowest BCUT2D eigenvalue weighted by Crippen LogP contribution is -2.52. The van der Waals surface area contributed by atoms with Crippen LogP contribution in [0.15, 0.2) is 36.5 Å². The van der Waals surface area contributed by atoms with Gasteiger partial charge in [-0.3, -0.25) is 4.79 Å². The van der Waals surface area contributed by atoms with Crippen molar-refractivity contribution in [3.8, 4) is 5.69 Å². The molecule has 120 valence electrons. The van der Waals surface area contributed by atoms with Gasteiger partial charge in [0.1, 0.15) is 5.82 Å². The van der Waals surface area contributed by atoms with Crippen LogP contribution in [-0.2, 0) is 9.53 Å². The van der Waals surface area contributed by atoms with Gasteiger partial charge in [0.2, 0.25) is 0 Å². The van der Waals surface area contributed by atoms with E-state index < -0.39 is 17.9 Å². The van der Waals surface area contributed by atoms with Gasteiger partial charge in [-0.05, 0) is 30.3 Å². The van der Waals surface area contributed by atoms with E-state index in [9.17, 15) is 19.1 Å². The van der Waals surface area contributed by atoms with Crippen LogP contribution in [0, 0.1) is 5.82 Å². The number of carboxylic acids is 1. The van der Waals surface area contributed by atoms with Crippen molar-refractivity contribution in [3.63, 3.8) is 0 Å². The number of amides is 1. The number of nitrogens with zero attached hydrogens (tertiary/aromatic N) is 3. The van der Waals surface area contributed by atoms with Gasteiger partial charge in [-0.1, -0.05) is 0 Å². The van der Waals surface area contributed by atoms with Crippen molar-refractivity contribution in [3.05, 3.63) is 48.0 Å². The highest BCUT2D eigenvalue weighted by molar-refractivity contribution is 5.95. The van der Waals surface area contributed by atoms with Gasteiger partial charge in [0.15, 0.2) is 11.7 Å². The summed E-state index contributed by atoms with van der Waals surface area (Å²) in [6.07, 6.45) is 1.57. The molecule has 3 rings (SSSR count). The Labute approximate surface area is 130 Å². The number of hydrogen-bond donors (Lipinski definition) is 1. The number of ether oxygens (including phenoxy) is 1. The molecule has 23 heavy (non-hydrogen) atoms. The smallest absolute Gasteiger partial charge is 0.328 e. The fourth-order valence-corrected chi connectivity index (χ4v) is 2.37. The molecule has 1 aliphatic rings. The zero-order chi connectivity index (χ0) is 16.4. The lowest BCUT2D eigenvalue weighted by atomic mass is 10.2. The van der Waals surface area contributed by atoms with Crippen molar-refractivity contribution in [2.75, 3.05) is 19.8 Å². The van der Waals surface area contributed by atoms with Gasteiger partial charge in [0, 0.05) is 12.7 Å². The van der Waals surface area contributed by atoms with E-state index in [-0.39, 0.29) is 31.3 Å². The summed E-state index contributed by atoms with van der Waals surface area (Å²) in [4.78, 5) is 24.9. The zero-order valence-electron chi connectivity index (χ0n) is 12.1. The summed E-state index contributed by atoms with van der Waals surface area (Å²) >= 11 is 0. The number of morpholine rings is 1. The van der Waals surface area contributed by atoms with E-state index in [2.05, 4.69) is 5.10 Å². The maximum Gasteiger partial charge on any atom is 0.328 e. The third-order valence-corrected chi connectivity index (χ3v) is 3.57. The second kappa shape index (κ2) is 6.17. The number of hydrogen-bond acceptors (Lipinski definition) is 4. The van der Waals surface area contributed by atoms with Crippen molar-refractivity contribution in [1.29, 1.82) is 0 Å². The highest BCUT2D eigenvalue weighted by Gasteiger charge is 2.34. The monoisotopic (exact) mass is 319 g/mol. The normalized spacial score (nSPS) is 18.0. The molecular weight excluding hydrogens is 305 g/mol. The molecule has 1 aliphatic heterocycles. The SMILES string of the molecule is O=C(O)C1COCCN1C(=O)c1ccn(-c2ccc(F)cc2)n1. The second-order valence-corrected chi connectivity index (χ2v) is 5.05. The summed E-state index contributed by atoms with van der Waals surface area (Å²) in [5, 5.41) is 13.3. The van der Waals surface area contributed by atoms with Crippen LogP contribution in [0.5, 0.6) is 0 Å². The van der Waals surface area contributed by atoms with E-state index >= 15 is 0 Å². The number of carbonyl (C=O) groups excluding carboxylic acids is 1. The molecule has 0 aliphatic carbocycles. The van der Waals surface area contributed by atoms with Crippen molar-refractivity contribution in [2.45, 2.75) is 6.04 Å². The van der Waals surface area contributed by atoms with Crippen LogP contribution < -0.4 is 0 Å². The van der Waals surface area contributed by atoms with Gasteiger partial charge in [-0.15, -0.1) is 0 Å². The molecule has 0 radical (unpaired) electrons. The Morgan fingerprint density at radius 2 is 2.00 bits per heavy atom. The minimum absolute atomic E-state index is 0.0419. The van der Waals surface area contributed by atoms with Gasteiger partial charge in [0.25, 0.3) is 5.91 Å². The molecule has 1 aromatic heterocycles. The summed E-state index contributed by atoms with van der Waals surface area (Å²) in [6.45, 7) is 0.438. The van der Waals surface area contributed by atoms with Gasteiger partial charge >= 0.3 is 5.97 Å². The Kier molecular flexibility index (Phi) is 4.07. The molecule has 8 heteroatoms. The first kappa shape index (κ1) is 15.2. The first-order valence-corrected chi connectivity index (χ1v) is 6.99. The van der Waals surface area contributed by atoms with Crippen molar-refractivity contribution in [2.24, 2.45) is 0 Å². The third-order valence-electron chi connectivity index (χ3n) is 3.57. The number of carboxylic acid groups (broad SMARTS) is 1. The lowest BCUT2D eigenvalue weighted by Gasteiger charge is -2.32. The lowest BCUT2D eigenvalue weighted by molar-refractivity contribution is -0.147. The number of benzene rings is 1. The van der Waals surface area contributed by atoms with E-state index in [0.29, 0.717) is 5.69 Å². The van der Waals surface area contributed by atoms with E-state index in [1.165, 1.54) is 39.9 Å². The van der Waals surface area contributed by atoms with Crippen LogP contribution in [-0.4, -0.2) is 57.5 Å². The molecule has 7 nitrogen and oxygen atoms in total. The Balaban J connectivity index is 1.83. The van der Waals surface area contributed by atoms with E-state index in [4.69, 9.17) is 4.74 Å². The second-order valence-electron chi connectivity index (χ2n) is 5.05. The van der Waals surface area contributed by atoms with Crippen LogP contribution in [0.25, 0.3) is 5.69 Å². The molecule has 1 amide bonds. The van der Waals surface area contributed by atoms with Gasteiger partial charge in [-0.25, -0.2) is 13.9 Å². The Hall–Kier alpha value is -2.74. The van der Waals surface area contributed by atoms with Crippen LogP contribution in [0.3, 0.4) is 0 Å². The maximum atomic E-state index is 12.9. The molecule has 0 bridgehead atoms. The number of halogens is 1. The number of aliphatic carboxylic acids is 1. The third kappa shape index (κ3) is 3.07. The fraction of sp³-hybridized carbons (Fsp3) is 0.267.